The Kier molecular flexibility index (Phi) is 3.05. The van der Waals surface area contributed by atoms with E-state index in [1.165, 1.54) is 0 Å². The van der Waals surface area contributed by atoms with E-state index in [1.807, 2.05) is 6.92 Å². The van der Waals surface area contributed by atoms with Crippen molar-refractivity contribution >= 4 is 0 Å². The molecule has 0 N–H and O–H groups in total. The largest absolute Gasteiger partial charge is 0.485 e. The summed E-state index contributed by atoms with van der Waals surface area (Å²) in [6.07, 6.45) is -0.140. The molecule has 2 rings (SSSR count). The van der Waals surface area contributed by atoms with Gasteiger partial charge in [0, 0.05) is 13.1 Å². The summed E-state index contributed by atoms with van der Waals surface area (Å²) in [5, 5.41) is 0. The molecule has 0 atom stereocenters. The molecule has 0 aliphatic carbocycles. The van der Waals surface area contributed by atoms with Gasteiger partial charge in [0.25, 0.3) is 0 Å². The van der Waals surface area contributed by atoms with E-state index in [0.717, 1.165) is 18.7 Å². The Bertz CT molecular complexity index is 391. The fourth-order valence-electron chi connectivity index (χ4n) is 1.63. The topological polar surface area (TPSA) is 12.5 Å². The summed E-state index contributed by atoms with van der Waals surface area (Å²) < 4.78 is 43.9. The first-order chi connectivity index (χ1) is 7.61. The van der Waals surface area contributed by atoms with Crippen molar-refractivity contribution in [3.63, 3.8) is 0 Å². The van der Waals surface area contributed by atoms with Gasteiger partial charge < -0.3 is 4.74 Å². The van der Waals surface area contributed by atoms with E-state index in [4.69, 9.17) is 4.74 Å². The van der Waals surface area contributed by atoms with Gasteiger partial charge in [-0.1, -0.05) is 6.92 Å². The van der Waals surface area contributed by atoms with Crippen molar-refractivity contribution in [2.24, 2.45) is 0 Å². The average Bonchev–Trinajstić information content (AvgIpc) is 2.22. The predicted octanol–water partition coefficient (Wildman–Crippen LogP) is 2.19. The zero-order valence-corrected chi connectivity index (χ0v) is 8.84. The molecular formula is C11H12F3NO. The first-order valence-corrected chi connectivity index (χ1v) is 5.14. The molecule has 5 heteroatoms. The maximum absolute atomic E-state index is 13.2. The number of rotatable bonds is 3. The molecule has 0 saturated carbocycles. The van der Waals surface area contributed by atoms with E-state index in [-0.39, 0.29) is 11.9 Å². The third-order valence-electron chi connectivity index (χ3n) is 2.66. The summed E-state index contributed by atoms with van der Waals surface area (Å²) in [6.45, 7) is 4.29. The van der Waals surface area contributed by atoms with Crippen LogP contribution in [0, 0.1) is 17.5 Å². The van der Waals surface area contributed by atoms with Crippen LogP contribution in [0.4, 0.5) is 13.2 Å². The minimum atomic E-state index is -1.48. The van der Waals surface area contributed by atoms with E-state index >= 15 is 0 Å². The van der Waals surface area contributed by atoms with E-state index in [0.29, 0.717) is 13.1 Å². The summed E-state index contributed by atoms with van der Waals surface area (Å²) >= 11 is 0. The van der Waals surface area contributed by atoms with E-state index in [9.17, 15) is 13.2 Å². The van der Waals surface area contributed by atoms with Crippen LogP contribution >= 0.6 is 0 Å². The van der Waals surface area contributed by atoms with Crippen LogP contribution < -0.4 is 4.74 Å². The van der Waals surface area contributed by atoms with Crippen molar-refractivity contribution in [2.45, 2.75) is 13.0 Å². The van der Waals surface area contributed by atoms with Gasteiger partial charge in [-0.3, -0.25) is 4.90 Å². The lowest BCUT2D eigenvalue weighted by Gasteiger charge is -2.38. The molecule has 0 aromatic heterocycles. The van der Waals surface area contributed by atoms with Crippen LogP contribution in [0.25, 0.3) is 0 Å². The summed E-state index contributed by atoms with van der Waals surface area (Å²) in [4.78, 5) is 2.10. The highest BCUT2D eigenvalue weighted by molar-refractivity contribution is 5.26. The number of likely N-dealkylation sites (N-methyl/N-ethyl adjacent to an activating group) is 1. The zero-order chi connectivity index (χ0) is 11.7. The fraction of sp³-hybridized carbons (Fsp3) is 0.455. The van der Waals surface area contributed by atoms with Crippen LogP contribution in [0.3, 0.4) is 0 Å². The third kappa shape index (κ3) is 2.00. The molecule has 1 saturated heterocycles. The summed E-state index contributed by atoms with van der Waals surface area (Å²) in [5.74, 6) is -4.16. The second kappa shape index (κ2) is 4.33. The van der Waals surface area contributed by atoms with E-state index in [1.54, 1.807) is 0 Å². The minimum Gasteiger partial charge on any atom is -0.485 e. The number of ether oxygens (including phenoxy) is 1. The number of nitrogens with zero attached hydrogens (tertiary/aromatic N) is 1. The Morgan fingerprint density at radius 2 is 1.94 bits per heavy atom. The molecule has 88 valence electrons. The molecule has 0 bridgehead atoms. The SMILES string of the molecule is CCN1CC(Oc2ccc(F)c(F)c2F)C1. The standard InChI is InChI=1S/C11H12F3NO/c1-2-15-5-7(6-15)16-9-4-3-8(12)10(13)11(9)14/h3-4,7H,2,5-6H2,1H3. The molecule has 1 aromatic carbocycles. The Hall–Kier alpha value is -1.23. The molecule has 0 unspecified atom stereocenters. The van der Waals surface area contributed by atoms with Gasteiger partial charge in [-0.2, -0.15) is 4.39 Å². The monoisotopic (exact) mass is 231 g/mol. The van der Waals surface area contributed by atoms with Crippen LogP contribution in [0.5, 0.6) is 5.75 Å². The molecule has 0 radical (unpaired) electrons. The third-order valence-corrected chi connectivity index (χ3v) is 2.66. The number of halogens is 3. The van der Waals surface area contributed by atoms with Gasteiger partial charge in [0.1, 0.15) is 6.10 Å². The molecule has 2 nitrogen and oxygen atoms in total. The normalized spacial score (nSPS) is 17.2. The Balaban J connectivity index is 2.03. The van der Waals surface area contributed by atoms with Crippen molar-refractivity contribution in [2.75, 3.05) is 19.6 Å². The lowest BCUT2D eigenvalue weighted by atomic mass is 10.1. The molecule has 0 spiro atoms. The molecule has 1 fully saturated rings. The molecule has 0 amide bonds. The van der Waals surface area contributed by atoms with Gasteiger partial charge in [0.15, 0.2) is 17.4 Å². The van der Waals surface area contributed by atoms with Gasteiger partial charge in [0.2, 0.25) is 5.82 Å². The number of hydrogen-bond acceptors (Lipinski definition) is 2. The van der Waals surface area contributed by atoms with Crippen LogP contribution in [-0.4, -0.2) is 30.6 Å². The summed E-state index contributed by atoms with van der Waals surface area (Å²) in [6, 6.07) is 1.98. The Labute approximate surface area is 91.6 Å². The Morgan fingerprint density at radius 1 is 1.25 bits per heavy atom. The van der Waals surface area contributed by atoms with Gasteiger partial charge in [-0.05, 0) is 18.7 Å². The summed E-state index contributed by atoms with van der Waals surface area (Å²) in [5.41, 5.74) is 0. The number of benzene rings is 1. The lowest BCUT2D eigenvalue weighted by molar-refractivity contribution is 0.0209. The van der Waals surface area contributed by atoms with Gasteiger partial charge in [-0.15, -0.1) is 0 Å². The molecule has 1 heterocycles. The smallest absolute Gasteiger partial charge is 0.203 e. The van der Waals surface area contributed by atoms with Crippen LogP contribution in [0.2, 0.25) is 0 Å². The van der Waals surface area contributed by atoms with Gasteiger partial charge in [-0.25, -0.2) is 8.78 Å². The first-order valence-electron chi connectivity index (χ1n) is 5.14. The molecule has 16 heavy (non-hydrogen) atoms. The zero-order valence-electron chi connectivity index (χ0n) is 8.84. The second-order valence-corrected chi connectivity index (χ2v) is 3.77. The molecule has 1 aromatic rings. The molecular weight excluding hydrogens is 219 g/mol. The highest BCUT2D eigenvalue weighted by atomic mass is 19.2. The van der Waals surface area contributed by atoms with Crippen molar-refractivity contribution in [1.82, 2.24) is 4.90 Å². The van der Waals surface area contributed by atoms with Crippen molar-refractivity contribution in [3.05, 3.63) is 29.6 Å². The first kappa shape index (κ1) is 11.3. The summed E-state index contributed by atoms with van der Waals surface area (Å²) in [7, 11) is 0. The van der Waals surface area contributed by atoms with E-state index in [2.05, 4.69) is 4.90 Å². The quantitative estimate of drug-likeness (QED) is 0.739. The maximum Gasteiger partial charge on any atom is 0.203 e. The Morgan fingerprint density at radius 3 is 2.56 bits per heavy atom. The maximum atomic E-state index is 13.2. The highest BCUT2D eigenvalue weighted by Crippen LogP contribution is 2.24. The van der Waals surface area contributed by atoms with Crippen LogP contribution in [0.1, 0.15) is 6.92 Å². The fourth-order valence-corrected chi connectivity index (χ4v) is 1.63. The minimum absolute atomic E-state index is 0.140. The molecule has 1 aliphatic heterocycles. The van der Waals surface area contributed by atoms with Crippen LogP contribution in [-0.2, 0) is 0 Å². The number of likely N-dealkylation sites (tertiary alicyclic amines) is 1. The number of hydrogen-bond donors (Lipinski definition) is 0. The van der Waals surface area contributed by atoms with Crippen LogP contribution in [0.15, 0.2) is 12.1 Å². The van der Waals surface area contributed by atoms with Crippen molar-refractivity contribution in [1.29, 1.82) is 0 Å². The molecule has 1 aliphatic rings. The van der Waals surface area contributed by atoms with Crippen molar-refractivity contribution < 1.29 is 17.9 Å². The van der Waals surface area contributed by atoms with Gasteiger partial charge >= 0.3 is 0 Å². The predicted molar refractivity (Wildman–Crippen MR) is 52.8 cm³/mol. The van der Waals surface area contributed by atoms with Gasteiger partial charge in [0.05, 0.1) is 0 Å². The highest BCUT2D eigenvalue weighted by Gasteiger charge is 2.28. The van der Waals surface area contributed by atoms with E-state index < -0.39 is 17.5 Å². The lowest BCUT2D eigenvalue weighted by Crippen LogP contribution is -2.53. The van der Waals surface area contributed by atoms with Crippen molar-refractivity contribution in [3.8, 4) is 5.75 Å². The average molecular weight is 231 g/mol. The second-order valence-electron chi connectivity index (χ2n) is 3.77.